The molecule has 0 aliphatic heterocycles. The Morgan fingerprint density at radius 2 is 1.95 bits per heavy atom. The molecule has 0 radical (unpaired) electrons. The molecule has 1 amide bonds. The van der Waals surface area contributed by atoms with Crippen molar-refractivity contribution in [2.45, 2.75) is 58.2 Å². The molecule has 124 valence electrons. The van der Waals surface area contributed by atoms with Gasteiger partial charge in [-0.2, -0.15) is 0 Å². The van der Waals surface area contributed by atoms with Crippen molar-refractivity contribution in [2.24, 2.45) is 0 Å². The minimum atomic E-state index is -0.896. The number of nitrogens with zero attached hydrogens (tertiary/aromatic N) is 1. The Hall–Kier alpha value is -1.50. The van der Waals surface area contributed by atoms with E-state index in [9.17, 15) is 9.59 Å². The predicted octanol–water partition coefficient (Wildman–Crippen LogP) is 2.67. The molecule has 1 aromatic rings. The Balaban J connectivity index is 2.52. The maximum atomic E-state index is 12.1. The minimum Gasteiger partial charge on any atom is -0.481 e. The van der Waals surface area contributed by atoms with Crippen LogP contribution in [0.15, 0.2) is 4.52 Å². The molecule has 0 aromatic carbocycles. The van der Waals surface area contributed by atoms with Crippen LogP contribution in [-0.2, 0) is 15.3 Å². The maximum absolute atomic E-state index is 12.1. The minimum absolute atomic E-state index is 0.0553. The van der Waals surface area contributed by atoms with Crippen molar-refractivity contribution in [1.29, 1.82) is 0 Å². The van der Waals surface area contributed by atoms with E-state index in [1.807, 2.05) is 27.7 Å². The van der Waals surface area contributed by atoms with Crippen molar-refractivity contribution >= 4 is 23.6 Å². The summed E-state index contributed by atoms with van der Waals surface area (Å²) in [5.41, 5.74) is 1.19. The average Bonchev–Trinajstić information content (AvgIpc) is 2.77. The van der Waals surface area contributed by atoms with Gasteiger partial charge in [0.1, 0.15) is 5.76 Å². The third-order valence-corrected chi connectivity index (χ3v) is 4.87. The number of thioether (sulfide) groups is 1. The Bertz CT molecular complexity index is 504. The zero-order valence-corrected chi connectivity index (χ0v) is 14.4. The fourth-order valence-corrected chi connectivity index (χ4v) is 3.27. The molecule has 1 heterocycles. The second-order valence-corrected chi connectivity index (χ2v) is 6.39. The van der Waals surface area contributed by atoms with Gasteiger partial charge in [-0.15, -0.1) is 11.8 Å². The molecular weight excluding hydrogens is 304 g/mol. The van der Waals surface area contributed by atoms with Crippen molar-refractivity contribution in [3.63, 3.8) is 0 Å². The first-order chi connectivity index (χ1) is 10.3. The van der Waals surface area contributed by atoms with Gasteiger partial charge >= 0.3 is 5.97 Å². The van der Waals surface area contributed by atoms with Crippen LogP contribution in [0.25, 0.3) is 0 Å². The van der Waals surface area contributed by atoms with E-state index < -0.39 is 11.5 Å². The molecule has 0 aliphatic carbocycles. The molecule has 0 unspecified atom stereocenters. The number of carboxylic acids is 1. The molecular formula is C15H24N2O4S. The Morgan fingerprint density at radius 3 is 2.41 bits per heavy atom. The van der Waals surface area contributed by atoms with Crippen LogP contribution in [0, 0.1) is 13.8 Å². The van der Waals surface area contributed by atoms with Gasteiger partial charge in [0.15, 0.2) is 0 Å². The summed E-state index contributed by atoms with van der Waals surface area (Å²) in [6, 6.07) is 0. The number of hydrogen-bond donors (Lipinski definition) is 2. The fourth-order valence-electron chi connectivity index (χ4n) is 2.30. The second kappa shape index (κ2) is 8.22. The normalized spacial score (nSPS) is 11.5. The summed E-state index contributed by atoms with van der Waals surface area (Å²) >= 11 is 1.47. The smallest absolute Gasteiger partial charge is 0.305 e. The lowest BCUT2D eigenvalue weighted by Gasteiger charge is -2.31. The lowest BCUT2D eigenvalue weighted by Crippen LogP contribution is -2.49. The van der Waals surface area contributed by atoms with Gasteiger partial charge in [-0.05, 0) is 26.7 Å². The molecule has 2 N–H and O–H groups in total. The number of amides is 1. The van der Waals surface area contributed by atoms with Crippen LogP contribution in [0.5, 0.6) is 0 Å². The van der Waals surface area contributed by atoms with Gasteiger partial charge in [-0.25, -0.2) is 0 Å². The highest BCUT2D eigenvalue weighted by molar-refractivity contribution is 7.99. The molecule has 0 saturated carbocycles. The molecule has 0 fully saturated rings. The molecule has 22 heavy (non-hydrogen) atoms. The van der Waals surface area contributed by atoms with Gasteiger partial charge in [0.05, 0.1) is 17.9 Å². The van der Waals surface area contributed by atoms with Crippen LogP contribution in [0.3, 0.4) is 0 Å². The quantitative estimate of drug-likeness (QED) is 0.724. The van der Waals surface area contributed by atoms with E-state index >= 15 is 0 Å². The van der Waals surface area contributed by atoms with Gasteiger partial charge in [0.25, 0.3) is 0 Å². The van der Waals surface area contributed by atoms with E-state index in [0.717, 1.165) is 17.0 Å². The number of carbonyl (C=O) groups excluding carboxylic acids is 1. The molecule has 7 heteroatoms. The third-order valence-electron chi connectivity index (χ3n) is 3.91. The molecule has 0 bridgehead atoms. The number of carboxylic acid groups (broad SMARTS) is 1. The summed E-state index contributed by atoms with van der Waals surface area (Å²) in [7, 11) is 0. The summed E-state index contributed by atoms with van der Waals surface area (Å²) in [5.74, 6) is 0.673. The largest absolute Gasteiger partial charge is 0.481 e. The van der Waals surface area contributed by atoms with E-state index in [-0.39, 0.29) is 18.1 Å². The van der Waals surface area contributed by atoms with Gasteiger partial charge in [-0.3, -0.25) is 9.59 Å². The molecule has 0 atom stereocenters. The second-order valence-electron chi connectivity index (χ2n) is 5.40. The number of carbonyl (C=O) groups is 2. The van der Waals surface area contributed by atoms with E-state index in [4.69, 9.17) is 9.63 Å². The molecule has 0 aliphatic rings. The van der Waals surface area contributed by atoms with Gasteiger partial charge in [0.2, 0.25) is 5.91 Å². The highest BCUT2D eigenvalue weighted by atomic mass is 32.2. The van der Waals surface area contributed by atoms with Gasteiger partial charge in [-0.1, -0.05) is 19.0 Å². The standard InChI is InChI=1S/C15H24N2O4S/c1-5-15(6-2,7-14(19)20)16-13(18)9-22-8-12-10(3)17-21-11(12)4/h5-9H2,1-4H3,(H,16,18)(H,19,20). The fraction of sp³-hybridized carbons (Fsp3) is 0.667. The van der Waals surface area contributed by atoms with Crippen LogP contribution < -0.4 is 5.32 Å². The monoisotopic (exact) mass is 328 g/mol. The molecule has 6 nitrogen and oxygen atoms in total. The van der Waals surface area contributed by atoms with Crippen LogP contribution in [0.4, 0.5) is 0 Å². The first-order valence-corrected chi connectivity index (χ1v) is 8.51. The van der Waals surface area contributed by atoms with Crippen molar-refractivity contribution < 1.29 is 19.2 Å². The number of aromatic nitrogens is 1. The molecule has 1 aromatic heterocycles. The van der Waals surface area contributed by atoms with Crippen LogP contribution in [0.1, 0.15) is 50.1 Å². The molecule has 0 saturated heterocycles. The van der Waals surface area contributed by atoms with Crippen molar-refractivity contribution in [3.05, 3.63) is 17.0 Å². The summed E-state index contributed by atoms with van der Waals surface area (Å²) in [5, 5.41) is 15.8. The van der Waals surface area contributed by atoms with Gasteiger partial charge < -0.3 is 14.9 Å². The summed E-state index contributed by atoms with van der Waals surface area (Å²) in [6.45, 7) is 7.51. The number of hydrogen-bond acceptors (Lipinski definition) is 5. The summed E-state index contributed by atoms with van der Waals surface area (Å²) < 4.78 is 5.08. The lowest BCUT2D eigenvalue weighted by molar-refractivity contribution is -0.139. The first kappa shape index (κ1) is 18.5. The Labute approximate surface area is 135 Å². The van der Waals surface area contributed by atoms with Crippen LogP contribution in [-0.4, -0.2) is 33.4 Å². The molecule has 1 rings (SSSR count). The van der Waals surface area contributed by atoms with Crippen LogP contribution in [0.2, 0.25) is 0 Å². The van der Waals surface area contributed by atoms with Gasteiger partial charge in [0, 0.05) is 16.9 Å². The maximum Gasteiger partial charge on any atom is 0.305 e. The first-order valence-electron chi connectivity index (χ1n) is 7.36. The zero-order valence-electron chi connectivity index (χ0n) is 13.6. The van der Waals surface area contributed by atoms with E-state index in [2.05, 4.69) is 10.5 Å². The summed E-state index contributed by atoms with van der Waals surface area (Å²) in [4.78, 5) is 23.1. The Morgan fingerprint density at radius 1 is 1.32 bits per heavy atom. The summed E-state index contributed by atoms with van der Waals surface area (Å²) in [6.07, 6.45) is 1.13. The number of rotatable bonds is 9. The highest BCUT2D eigenvalue weighted by Gasteiger charge is 2.30. The van der Waals surface area contributed by atoms with E-state index in [0.29, 0.717) is 18.6 Å². The highest BCUT2D eigenvalue weighted by Crippen LogP contribution is 2.22. The SMILES string of the molecule is CCC(CC)(CC(=O)O)NC(=O)CSCc1c(C)noc1C. The Kier molecular flexibility index (Phi) is 6.93. The lowest BCUT2D eigenvalue weighted by atomic mass is 9.89. The number of nitrogens with one attached hydrogen (secondary N) is 1. The predicted molar refractivity (Wildman–Crippen MR) is 85.8 cm³/mol. The number of aryl methyl sites for hydroxylation is 2. The van der Waals surface area contributed by atoms with Crippen LogP contribution >= 0.6 is 11.8 Å². The van der Waals surface area contributed by atoms with E-state index in [1.54, 1.807) is 0 Å². The topological polar surface area (TPSA) is 92.4 Å². The zero-order chi connectivity index (χ0) is 16.8. The molecule has 0 spiro atoms. The average molecular weight is 328 g/mol. The van der Waals surface area contributed by atoms with Crippen molar-refractivity contribution in [2.75, 3.05) is 5.75 Å². The number of aliphatic carboxylic acids is 1. The van der Waals surface area contributed by atoms with Crippen molar-refractivity contribution in [1.82, 2.24) is 10.5 Å². The van der Waals surface area contributed by atoms with Crippen molar-refractivity contribution in [3.8, 4) is 0 Å². The third kappa shape index (κ3) is 5.05. The van der Waals surface area contributed by atoms with E-state index in [1.165, 1.54) is 11.8 Å².